The van der Waals surface area contributed by atoms with E-state index in [9.17, 15) is 18.1 Å². The fraction of sp³-hybridized carbons (Fsp3) is 0.200. The number of carbonyl (C=O) groups is 1. The van der Waals surface area contributed by atoms with E-state index < -0.39 is 18.6 Å². The first-order valence-electron chi connectivity index (χ1n) is 7.21. The van der Waals surface area contributed by atoms with Crippen LogP contribution in [0.2, 0.25) is 0 Å². The van der Waals surface area contributed by atoms with Gasteiger partial charge in [0.25, 0.3) is 5.91 Å². The third-order valence-electron chi connectivity index (χ3n) is 3.59. The quantitative estimate of drug-likeness (QED) is 0.558. The van der Waals surface area contributed by atoms with Gasteiger partial charge in [0.1, 0.15) is 4.88 Å². The fourth-order valence-corrected chi connectivity index (χ4v) is 5.03. The van der Waals surface area contributed by atoms with Gasteiger partial charge in [-0.2, -0.15) is 4.89 Å². The van der Waals surface area contributed by atoms with Crippen molar-refractivity contribution >= 4 is 51.3 Å². The number of rotatable bonds is 5. The molecule has 0 bridgehead atoms. The van der Waals surface area contributed by atoms with Gasteiger partial charge in [-0.1, -0.05) is 0 Å². The van der Waals surface area contributed by atoms with E-state index in [0.717, 1.165) is 0 Å². The van der Waals surface area contributed by atoms with Crippen molar-refractivity contribution in [2.75, 3.05) is 0 Å². The third-order valence-corrected chi connectivity index (χ3v) is 6.77. The molecule has 26 heavy (non-hydrogen) atoms. The zero-order valence-corrected chi connectivity index (χ0v) is 16.5. The zero-order chi connectivity index (χ0) is 19.1. The van der Waals surface area contributed by atoms with Crippen LogP contribution in [0.25, 0.3) is 10.1 Å². The van der Waals surface area contributed by atoms with E-state index >= 15 is 0 Å². The van der Waals surface area contributed by atoms with Gasteiger partial charge in [0, 0.05) is 28.9 Å². The van der Waals surface area contributed by atoms with E-state index in [1.165, 1.54) is 18.2 Å². The first kappa shape index (κ1) is 19.0. The van der Waals surface area contributed by atoms with E-state index in [2.05, 4.69) is 26.2 Å². The van der Waals surface area contributed by atoms with Crippen molar-refractivity contribution < 1.29 is 23.0 Å². The van der Waals surface area contributed by atoms with Crippen molar-refractivity contribution in [1.29, 1.82) is 0 Å². The summed E-state index contributed by atoms with van der Waals surface area (Å²) >= 11 is 3.77. The second-order valence-corrected chi connectivity index (χ2v) is 8.44. The molecule has 2 N–H and O–H groups in total. The average molecular weight is 463 g/mol. The van der Waals surface area contributed by atoms with Crippen LogP contribution >= 0.6 is 35.3 Å². The molecule has 2 heterocycles. The highest BCUT2D eigenvalue weighted by atomic mass is 79.9. The van der Waals surface area contributed by atoms with Gasteiger partial charge in [0.2, 0.25) is 0 Å². The van der Waals surface area contributed by atoms with Crippen LogP contribution in [0.4, 0.5) is 8.78 Å². The summed E-state index contributed by atoms with van der Waals surface area (Å²) in [5, 5.41) is 3.09. The highest BCUT2D eigenvalue weighted by molar-refractivity contribution is 9.10. The monoisotopic (exact) mass is 462 g/mol. The molecule has 1 unspecified atom stereocenters. The summed E-state index contributed by atoms with van der Waals surface area (Å²) in [5.41, 5.74) is -2.89. The molecule has 0 saturated carbocycles. The van der Waals surface area contributed by atoms with Gasteiger partial charge in [-0.25, -0.2) is 4.98 Å². The minimum atomic E-state index is -3.86. The van der Waals surface area contributed by atoms with Crippen molar-refractivity contribution in [3.8, 4) is 0 Å². The normalized spacial score (nSPS) is 12.4. The SMILES string of the molecule is Cn1cnc(CNC(=O)c2ccc3sc(C(F)(F)[P+](=O)O)c(Br)c3c2)c1. The van der Waals surface area contributed by atoms with Crippen LogP contribution in [0.15, 0.2) is 35.2 Å². The second-order valence-electron chi connectivity index (χ2n) is 5.48. The number of alkyl halides is 2. The minimum Gasteiger partial charge on any atom is -0.346 e. The number of hydrogen-bond donors (Lipinski definition) is 2. The van der Waals surface area contributed by atoms with Crippen molar-refractivity contribution in [2.45, 2.75) is 12.2 Å². The molecular formula is C15H12BrF2N3O3PS+. The summed E-state index contributed by atoms with van der Waals surface area (Å²) in [4.78, 5) is 24.7. The maximum atomic E-state index is 13.9. The molecule has 0 saturated heterocycles. The van der Waals surface area contributed by atoms with E-state index in [1.807, 2.05) is 7.05 Å². The van der Waals surface area contributed by atoms with Crippen molar-refractivity contribution in [1.82, 2.24) is 14.9 Å². The predicted molar refractivity (Wildman–Crippen MR) is 97.6 cm³/mol. The molecule has 0 aliphatic rings. The number of fused-ring (bicyclic) bond motifs is 1. The lowest BCUT2D eigenvalue weighted by Gasteiger charge is -2.04. The molecular weight excluding hydrogens is 451 g/mol. The number of imidazole rings is 1. The van der Waals surface area contributed by atoms with E-state index in [0.29, 0.717) is 27.1 Å². The Kier molecular flexibility index (Phi) is 5.21. The van der Waals surface area contributed by atoms with E-state index in [-0.39, 0.29) is 22.5 Å². The lowest BCUT2D eigenvalue weighted by Crippen LogP contribution is -2.22. The highest BCUT2D eigenvalue weighted by Gasteiger charge is 2.56. The topological polar surface area (TPSA) is 84.2 Å². The maximum absolute atomic E-state index is 13.9. The minimum absolute atomic E-state index is 0.0132. The molecule has 3 aromatic rings. The Morgan fingerprint density at radius 1 is 1.50 bits per heavy atom. The number of carbonyl (C=O) groups excluding carboxylic acids is 1. The summed E-state index contributed by atoms with van der Waals surface area (Å²) in [6.45, 7) is 0.233. The van der Waals surface area contributed by atoms with Gasteiger partial charge in [-0.15, -0.1) is 20.1 Å². The van der Waals surface area contributed by atoms with Crippen LogP contribution in [0.3, 0.4) is 0 Å². The van der Waals surface area contributed by atoms with E-state index in [4.69, 9.17) is 4.89 Å². The molecule has 1 atom stereocenters. The number of nitrogens with zero attached hydrogens (tertiary/aromatic N) is 2. The van der Waals surface area contributed by atoms with Gasteiger partial charge in [0.05, 0.1) is 23.0 Å². The summed E-state index contributed by atoms with van der Waals surface area (Å²) in [6.07, 6.45) is 3.38. The molecule has 0 radical (unpaired) electrons. The fourth-order valence-electron chi connectivity index (χ4n) is 2.32. The van der Waals surface area contributed by atoms with E-state index in [1.54, 1.807) is 17.1 Å². The van der Waals surface area contributed by atoms with Crippen LogP contribution in [0, 0.1) is 0 Å². The third kappa shape index (κ3) is 3.55. The van der Waals surface area contributed by atoms with Gasteiger partial charge in [-0.3, -0.25) is 4.79 Å². The van der Waals surface area contributed by atoms with Gasteiger partial charge < -0.3 is 9.88 Å². The van der Waals surface area contributed by atoms with Crippen molar-refractivity contribution in [2.24, 2.45) is 7.05 Å². The molecule has 3 rings (SSSR count). The lowest BCUT2D eigenvalue weighted by atomic mass is 10.1. The maximum Gasteiger partial charge on any atom is 0.590 e. The van der Waals surface area contributed by atoms with Crippen LogP contribution in [-0.2, 0) is 23.8 Å². The molecule has 1 amide bonds. The van der Waals surface area contributed by atoms with Crippen LogP contribution in [0.1, 0.15) is 20.9 Å². The van der Waals surface area contributed by atoms with Crippen LogP contribution in [-0.4, -0.2) is 20.4 Å². The molecule has 136 valence electrons. The Morgan fingerprint density at radius 2 is 2.23 bits per heavy atom. The molecule has 6 nitrogen and oxygen atoms in total. The Hall–Kier alpha value is -1.74. The number of thiophene rings is 1. The largest absolute Gasteiger partial charge is 0.590 e. The molecule has 0 aliphatic heterocycles. The second kappa shape index (κ2) is 7.11. The summed E-state index contributed by atoms with van der Waals surface area (Å²) in [7, 11) is -1.90. The molecule has 11 heteroatoms. The van der Waals surface area contributed by atoms with Crippen molar-refractivity contribution in [3.63, 3.8) is 0 Å². The Bertz CT molecular complexity index is 1020. The summed E-state index contributed by atoms with van der Waals surface area (Å²) in [6, 6.07) is 4.51. The number of amides is 1. The standard InChI is InChI=1S/C15H11BrF2N3O3PS/c1-21-6-9(20-7-21)5-19-14(22)8-2-3-11-10(4-8)12(16)13(26-11)15(17,18)25(23)24/h2-4,6-7H,5H2,1H3,(H-,19,22,23,24)/p+1. The zero-order valence-electron chi connectivity index (χ0n) is 13.2. The first-order chi connectivity index (χ1) is 12.2. The van der Waals surface area contributed by atoms with Crippen molar-refractivity contribution in [3.05, 3.63) is 51.3 Å². The molecule has 0 spiro atoms. The summed E-state index contributed by atoms with van der Waals surface area (Å²) < 4.78 is 41.0. The number of benzene rings is 1. The first-order valence-corrected chi connectivity index (χ1v) is 10.0. The number of aryl methyl sites for hydroxylation is 1. The molecule has 0 fully saturated rings. The smallest absolute Gasteiger partial charge is 0.346 e. The molecule has 0 aliphatic carbocycles. The lowest BCUT2D eigenvalue weighted by molar-refractivity contribution is 0.0849. The molecule has 1 aromatic carbocycles. The Labute approximate surface area is 159 Å². The number of aromatic nitrogens is 2. The van der Waals surface area contributed by atoms with Gasteiger partial charge >= 0.3 is 13.7 Å². The number of nitrogens with one attached hydrogen (secondary N) is 1. The summed E-state index contributed by atoms with van der Waals surface area (Å²) in [5.74, 6) is -0.378. The number of halogens is 3. The Morgan fingerprint density at radius 3 is 2.85 bits per heavy atom. The van der Waals surface area contributed by atoms with Crippen LogP contribution in [0.5, 0.6) is 0 Å². The molecule has 2 aromatic heterocycles. The predicted octanol–water partition coefficient (Wildman–Crippen LogP) is 4.11. The highest BCUT2D eigenvalue weighted by Crippen LogP contribution is 2.54. The Balaban J connectivity index is 1.88. The average Bonchev–Trinajstić information content (AvgIpc) is 3.16. The van der Waals surface area contributed by atoms with Crippen LogP contribution < -0.4 is 5.32 Å². The number of hydrogen-bond acceptors (Lipinski definition) is 4. The van der Waals surface area contributed by atoms with Gasteiger partial charge in [-0.05, 0) is 38.7 Å². The van der Waals surface area contributed by atoms with Gasteiger partial charge in [0.15, 0.2) is 0 Å².